The second-order valence-corrected chi connectivity index (χ2v) is 9.79. The van der Waals surface area contributed by atoms with Crippen molar-refractivity contribution in [2.75, 3.05) is 30.1 Å². The van der Waals surface area contributed by atoms with Crippen LogP contribution in [0.5, 0.6) is 5.75 Å². The van der Waals surface area contributed by atoms with E-state index < -0.39 is 9.84 Å². The molecule has 0 aromatic heterocycles. The molecule has 1 saturated carbocycles. The van der Waals surface area contributed by atoms with E-state index in [1.165, 1.54) is 19.3 Å². The van der Waals surface area contributed by atoms with Crippen molar-refractivity contribution < 1.29 is 17.9 Å². The van der Waals surface area contributed by atoms with Gasteiger partial charge in [0.1, 0.15) is 5.75 Å². The molecule has 4 rings (SSSR count). The summed E-state index contributed by atoms with van der Waals surface area (Å²) in [6.45, 7) is 0.313. The smallest absolute Gasteiger partial charge is 0.241 e. The Hall–Kier alpha value is -1.60. The molecule has 1 amide bonds. The van der Waals surface area contributed by atoms with Gasteiger partial charge in [-0.3, -0.25) is 9.69 Å². The molecule has 0 spiro atoms. The van der Waals surface area contributed by atoms with Crippen molar-refractivity contribution in [1.82, 2.24) is 4.90 Å². The first-order valence-corrected chi connectivity index (χ1v) is 11.2. The summed E-state index contributed by atoms with van der Waals surface area (Å²) in [6, 6.07) is 7.26. The van der Waals surface area contributed by atoms with Gasteiger partial charge in [0, 0.05) is 17.8 Å². The maximum Gasteiger partial charge on any atom is 0.241 e. The molecule has 2 heterocycles. The van der Waals surface area contributed by atoms with Crippen molar-refractivity contribution in [1.29, 1.82) is 0 Å². The fraction of sp³-hybridized carbons (Fsp3) is 0.632. The second kappa shape index (κ2) is 6.85. The minimum absolute atomic E-state index is 0.000842. The predicted octanol–water partition coefficient (Wildman–Crippen LogP) is 1.84. The number of methoxy groups -OCH3 is 1. The quantitative estimate of drug-likeness (QED) is 0.803. The molecule has 0 unspecified atom stereocenters. The lowest BCUT2D eigenvalue weighted by molar-refractivity contribution is -0.124. The topological polar surface area (TPSA) is 66.9 Å². The third-order valence-corrected chi connectivity index (χ3v) is 7.73. The lowest BCUT2D eigenvalue weighted by atomic mass is 9.91. The molecule has 0 bridgehead atoms. The van der Waals surface area contributed by atoms with Crippen LogP contribution in [0.2, 0.25) is 0 Å². The molecule has 3 fully saturated rings. The minimum atomic E-state index is -3.14. The van der Waals surface area contributed by atoms with Crippen LogP contribution in [-0.2, 0) is 14.6 Å². The van der Waals surface area contributed by atoms with E-state index in [1.807, 2.05) is 24.3 Å². The fourth-order valence-corrected chi connectivity index (χ4v) is 6.76. The Labute approximate surface area is 155 Å². The van der Waals surface area contributed by atoms with E-state index in [0.717, 1.165) is 24.3 Å². The Morgan fingerprint density at radius 3 is 2.31 bits per heavy atom. The van der Waals surface area contributed by atoms with Gasteiger partial charge in [0.2, 0.25) is 5.91 Å². The van der Waals surface area contributed by atoms with Gasteiger partial charge < -0.3 is 9.64 Å². The molecule has 3 aliphatic rings. The van der Waals surface area contributed by atoms with E-state index in [4.69, 9.17) is 4.74 Å². The molecule has 0 radical (unpaired) electrons. The van der Waals surface area contributed by atoms with Crippen LogP contribution >= 0.6 is 0 Å². The summed E-state index contributed by atoms with van der Waals surface area (Å²) in [5, 5.41) is 0. The third kappa shape index (κ3) is 3.22. The number of hydrogen-bond donors (Lipinski definition) is 0. The maximum absolute atomic E-state index is 13.0. The van der Waals surface area contributed by atoms with E-state index in [1.54, 1.807) is 12.0 Å². The van der Waals surface area contributed by atoms with Crippen molar-refractivity contribution in [2.24, 2.45) is 0 Å². The molecular formula is C19H26N2O4S. The molecule has 2 atom stereocenters. The van der Waals surface area contributed by atoms with Crippen LogP contribution in [0.15, 0.2) is 24.3 Å². The highest BCUT2D eigenvalue weighted by atomic mass is 32.2. The lowest BCUT2D eigenvalue weighted by Crippen LogP contribution is -2.64. The number of benzene rings is 1. The zero-order valence-electron chi connectivity index (χ0n) is 15.1. The van der Waals surface area contributed by atoms with Gasteiger partial charge in [-0.15, -0.1) is 0 Å². The largest absolute Gasteiger partial charge is 0.497 e. The number of hydrogen-bond acceptors (Lipinski definition) is 5. The Bertz CT molecular complexity index is 771. The molecule has 142 valence electrons. The van der Waals surface area contributed by atoms with Crippen molar-refractivity contribution >= 4 is 21.4 Å². The van der Waals surface area contributed by atoms with E-state index >= 15 is 0 Å². The number of nitrogens with zero attached hydrogens (tertiary/aromatic N) is 2. The predicted molar refractivity (Wildman–Crippen MR) is 100 cm³/mol. The van der Waals surface area contributed by atoms with Crippen molar-refractivity contribution in [2.45, 2.75) is 50.2 Å². The average molecular weight is 378 g/mol. The highest BCUT2D eigenvalue weighted by Gasteiger charge is 2.51. The normalized spacial score (nSPS) is 29.6. The summed E-state index contributed by atoms with van der Waals surface area (Å²) in [6.07, 6.45) is 5.71. The second-order valence-electron chi connectivity index (χ2n) is 7.64. The van der Waals surface area contributed by atoms with Gasteiger partial charge in [-0.05, 0) is 37.1 Å². The number of rotatable bonds is 3. The maximum atomic E-state index is 13.0. The Balaban J connectivity index is 1.66. The van der Waals surface area contributed by atoms with Crippen LogP contribution in [0.4, 0.5) is 5.69 Å². The first-order valence-electron chi connectivity index (χ1n) is 9.41. The molecule has 1 aliphatic carbocycles. The van der Waals surface area contributed by atoms with Gasteiger partial charge >= 0.3 is 0 Å². The van der Waals surface area contributed by atoms with Gasteiger partial charge in [-0.2, -0.15) is 0 Å². The molecule has 2 saturated heterocycles. The number of fused-ring (bicyclic) bond motifs is 1. The van der Waals surface area contributed by atoms with Gasteiger partial charge in [-0.1, -0.05) is 19.3 Å². The summed E-state index contributed by atoms with van der Waals surface area (Å²) < 4.78 is 30.0. The van der Waals surface area contributed by atoms with Gasteiger partial charge in [0.15, 0.2) is 9.84 Å². The fourth-order valence-electron chi connectivity index (χ4n) is 4.80. The van der Waals surface area contributed by atoms with Crippen molar-refractivity contribution in [3.8, 4) is 5.75 Å². The van der Waals surface area contributed by atoms with Crippen LogP contribution < -0.4 is 9.64 Å². The van der Waals surface area contributed by atoms with Gasteiger partial charge in [0.25, 0.3) is 0 Å². The van der Waals surface area contributed by atoms with E-state index in [-0.39, 0.29) is 29.5 Å². The molecule has 26 heavy (non-hydrogen) atoms. The Morgan fingerprint density at radius 1 is 1.00 bits per heavy atom. The number of piperazine rings is 1. The number of ether oxygens (including phenoxy) is 1. The van der Waals surface area contributed by atoms with Crippen molar-refractivity contribution in [3.05, 3.63) is 24.3 Å². The number of sulfone groups is 1. The molecule has 1 aromatic rings. The number of carbonyl (C=O) groups is 1. The molecule has 0 N–H and O–H groups in total. The first kappa shape index (κ1) is 17.8. The van der Waals surface area contributed by atoms with Crippen LogP contribution in [0.3, 0.4) is 0 Å². The Morgan fingerprint density at radius 2 is 1.65 bits per heavy atom. The lowest BCUT2D eigenvalue weighted by Gasteiger charge is -2.47. The van der Waals surface area contributed by atoms with E-state index in [9.17, 15) is 13.2 Å². The summed E-state index contributed by atoms with van der Waals surface area (Å²) in [5.74, 6) is 0.934. The SMILES string of the molecule is COc1ccc(N2C(=O)CN(C3CCCCC3)[C@H]3CS(=O)(=O)C[C@@H]32)cc1. The number of anilines is 1. The summed E-state index contributed by atoms with van der Waals surface area (Å²) in [4.78, 5) is 16.9. The average Bonchev–Trinajstić information content (AvgIpc) is 2.97. The molecule has 7 heteroatoms. The van der Waals surface area contributed by atoms with E-state index in [2.05, 4.69) is 4.90 Å². The third-order valence-electron chi connectivity index (χ3n) is 6.03. The molecular weight excluding hydrogens is 352 g/mol. The molecule has 1 aromatic carbocycles. The first-order chi connectivity index (χ1) is 12.5. The monoisotopic (exact) mass is 378 g/mol. The van der Waals surface area contributed by atoms with Crippen LogP contribution in [0.1, 0.15) is 32.1 Å². The van der Waals surface area contributed by atoms with Crippen LogP contribution in [-0.4, -0.2) is 62.5 Å². The number of amides is 1. The zero-order chi connectivity index (χ0) is 18.3. The summed E-state index contributed by atoms with van der Waals surface area (Å²) >= 11 is 0. The zero-order valence-corrected chi connectivity index (χ0v) is 16.0. The molecule has 2 aliphatic heterocycles. The van der Waals surface area contributed by atoms with Crippen molar-refractivity contribution in [3.63, 3.8) is 0 Å². The summed E-state index contributed by atoms with van der Waals surface area (Å²) in [7, 11) is -1.54. The van der Waals surface area contributed by atoms with Crippen LogP contribution in [0.25, 0.3) is 0 Å². The Kier molecular flexibility index (Phi) is 4.69. The number of carbonyl (C=O) groups excluding carboxylic acids is 1. The standard InChI is InChI=1S/C19H26N2O4S/c1-25-16-9-7-15(8-10-16)21-18-13-26(23,24)12-17(18)20(11-19(21)22)14-5-3-2-4-6-14/h7-10,14,17-18H,2-6,11-13H2,1H3/t17-,18-/m0/s1. The molecule has 6 nitrogen and oxygen atoms in total. The van der Waals surface area contributed by atoms with Gasteiger partial charge in [-0.25, -0.2) is 8.42 Å². The highest BCUT2D eigenvalue weighted by Crippen LogP contribution is 2.36. The summed E-state index contributed by atoms with van der Waals surface area (Å²) in [5.41, 5.74) is 0.756. The highest BCUT2D eigenvalue weighted by molar-refractivity contribution is 7.91. The van der Waals surface area contributed by atoms with Crippen LogP contribution in [0, 0.1) is 0 Å². The minimum Gasteiger partial charge on any atom is -0.497 e. The van der Waals surface area contributed by atoms with Gasteiger partial charge in [0.05, 0.1) is 31.2 Å². The van der Waals surface area contributed by atoms with E-state index in [0.29, 0.717) is 12.6 Å².